The third kappa shape index (κ3) is 5.00. The second-order valence-corrected chi connectivity index (χ2v) is 9.99. The number of thiophene rings is 1. The van der Waals surface area contributed by atoms with Gasteiger partial charge < -0.3 is 15.8 Å². The van der Waals surface area contributed by atoms with E-state index in [1.165, 1.54) is 11.3 Å². The highest BCUT2D eigenvalue weighted by Crippen LogP contribution is 2.35. The predicted octanol–water partition coefficient (Wildman–Crippen LogP) is 4.76. The Bertz CT molecular complexity index is 1470. The van der Waals surface area contributed by atoms with Gasteiger partial charge in [-0.05, 0) is 72.7 Å². The smallest absolute Gasteiger partial charge is 0.248 e. The molecule has 9 heteroatoms. The van der Waals surface area contributed by atoms with Gasteiger partial charge in [-0.15, -0.1) is 11.3 Å². The van der Waals surface area contributed by atoms with Crippen LogP contribution in [0.15, 0.2) is 47.8 Å². The fourth-order valence-electron chi connectivity index (χ4n) is 4.60. The first-order chi connectivity index (χ1) is 17.4. The molecule has 1 atom stereocenters. The number of nitrogens with one attached hydrogen (secondary N) is 1. The van der Waals surface area contributed by atoms with Crippen LogP contribution >= 0.6 is 11.3 Å². The third-order valence-corrected chi connectivity index (χ3v) is 7.18. The monoisotopic (exact) mass is 498 g/mol. The number of anilines is 1. The maximum atomic E-state index is 11.5. The van der Waals surface area contributed by atoms with Gasteiger partial charge >= 0.3 is 0 Å². The topological polar surface area (TPSA) is 117 Å². The van der Waals surface area contributed by atoms with Crippen molar-refractivity contribution in [3.63, 3.8) is 0 Å². The van der Waals surface area contributed by atoms with Crippen LogP contribution in [0.5, 0.6) is 11.6 Å². The minimum absolute atomic E-state index is 0.187. The summed E-state index contributed by atoms with van der Waals surface area (Å²) in [5.74, 6) is 1.33. The van der Waals surface area contributed by atoms with E-state index in [0.29, 0.717) is 28.7 Å². The summed E-state index contributed by atoms with van der Waals surface area (Å²) >= 11 is 1.54. The molecule has 182 valence electrons. The lowest BCUT2D eigenvalue weighted by Crippen LogP contribution is -2.26. The number of amides is 1. The van der Waals surface area contributed by atoms with Crippen molar-refractivity contribution in [2.45, 2.75) is 32.9 Å². The second-order valence-electron chi connectivity index (χ2n) is 9.07. The number of benzene rings is 2. The number of likely N-dealkylation sites (tertiary alicyclic amines) is 1. The molecule has 36 heavy (non-hydrogen) atoms. The summed E-state index contributed by atoms with van der Waals surface area (Å²) in [6.45, 7) is 6.36. The van der Waals surface area contributed by atoms with E-state index in [1.54, 1.807) is 6.07 Å². The van der Waals surface area contributed by atoms with Gasteiger partial charge in [0.1, 0.15) is 10.4 Å². The standard InChI is InChI=1S/C27H26N6O2S/c1-16-10-19(13-28)11-17(2)23(16)35-26-24-22(7-9-36-24)31-27(32-26)30-21-6-8-33(15-21)14-18-4-3-5-20(12-18)25(29)34/h3-5,7,9-12,21H,6,8,14-15H2,1-2H3,(H2,29,34)(H,30,31,32)/t21-/m0/s1. The molecule has 2 aromatic carbocycles. The van der Waals surface area contributed by atoms with Crippen LogP contribution < -0.4 is 15.8 Å². The molecule has 1 aliphatic rings. The van der Waals surface area contributed by atoms with Crippen LogP contribution in [0, 0.1) is 25.2 Å². The second kappa shape index (κ2) is 9.93. The average molecular weight is 499 g/mol. The number of aryl methyl sites for hydroxylation is 2. The van der Waals surface area contributed by atoms with Crippen LogP contribution in [-0.2, 0) is 6.54 Å². The van der Waals surface area contributed by atoms with Crippen molar-refractivity contribution in [1.29, 1.82) is 5.26 Å². The van der Waals surface area contributed by atoms with Crippen molar-refractivity contribution >= 4 is 33.4 Å². The maximum absolute atomic E-state index is 11.5. The van der Waals surface area contributed by atoms with Gasteiger partial charge in [0.2, 0.25) is 17.7 Å². The first-order valence-electron chi connectivity index (χ1n) is 11.7. The lowest BCUT2D eigenvalue weighted by atomic mass is 10.1. The van der Waals surface area contributed by atoms with E-state index in [1.807, 2.05) is 55.6 Å². The first-order valence-corrected chi connectivity index (χ1v) is 12.6. The van der Waals surface area contributed by atoms with Crippen LogP contribution in [-0.4, -0.2) is 39.9 Å². The van der Waals surface area contributed by atoms with Crippen molar-refractivity contribution in [3.05, 3.63) is 75.7 Å². The Labute approximate surface area is 213 Å². The number of aromatic nitrogens is 2. The Hall–Kier alpha value is -4.00. The quantitative estimate of drug-likeness (QED) is 0.377. The number of carbonyl (C=O) groups is 1. The number of ether oxygens (including phenoxy) is 1. The number of hydrogen-bond donors (Lipinski definition) is 2. The number of nitrogens with two attached hydrogens (primary N) is 1. The Balaban J connectivity index is 1.32. The number of hydrogen-bond acceptors (Lipinski definition) is 8. The van der Waals surface area contributed by atoms with Gasteiger partial charge in [-0.25, -0.2) is 4.98 Å². The first kappa shape index (κ1) is 23.7. The van der Waals surface area contributed by atoms with Crippen LogP contribution in [0.1, 0.15) is 39.0 Å². The van der Waals surface area contributed by atoms with Crippen molar-refractivity contribution in [2.75, 3.05) is 18.4 Å². The SMILES string of the molecule is Cc1cc(C#N)cc(C)c1Oc1nc(N[C@H]2CCN(Cc3cccc(C(N)=O)c3)C2)nc2ccsc12. The molecule has 8 nitrogen and oxygen atoms in total. The fourth-order valence-corrected chi connectivity index (χ4v) is 5.36. The molecule has 2 aromatic heterocycles. The molecule has 0 spiro atoms. The van der Waals surface area contributed by atoms with Gasteiger partial charge in [-0.3, -0.25) is 9.69 Å². The normalized spacial score (nSPS) is 15.6. The fraction of sp³-hybridized carbons (Fsp3) is 0.259. The molecule has 4 aromatic rings. The van der Waals surface area contributed by atoms with Crippen molar-refractivity contribution in [2.24, 2.45) is 5.73 Å². The van der Waals surface area contributed by atoms with Crippen LogP contribution in [0.3, 0.4) is 0 Å². The summed E-state index contributed by atoms with van der Waals surface area (Å²) in [5, 5.41) is 14.7. The Morgan fingerprint density at radius 2 is 2.06 bits per heavy atom. The van der Waals surface area contributed by atoms with Crippen molar-refractivity contribution in [1.82, 2.24) is 14.9 Å². The van der Waals surface area contributed by atoms with E-state index < -0.39 is 5.91 Å². The lowest BCUT2D eigenvalue weighted by Gasteiger charge is -2.18. The molecule has 1 aliphatic heterocycles. The summed E-state index contributed by atoms with van der Waals surface area (Å²) in [5.41, 5.74) is 10.2. The van der Waals surface area contributed by atoms with Gasteiger partial charge in [0.05, 0.1) is 17.1 Å². The molecule has 1 fully saturated rings. The van der Waals surface area contributed by atoms with E-state index in [-0.39, 0.29) is 6.04 Å². The van der Waals surface area contributed by atoms with E-state index in [9.17, 15) is 10.1 Å². The molecule has 0 radical (unpaired) electrons. The minimum atomic E-state index is -0.414. The molecule has 5 rings (SSSR count). The van der Waals surface area contributed by atoms with Gasteiger partial charge in [0.15, 0.2) is 0 Å². The number of primary amides is 1. The summed E-state index contributed by atoms with van der Waals surface area (Å²) in [6, 6.07) is 15.4. The maximum Gasteiger partial charge on any atom is 0.248 e. The molecular formula is C27H26N6O2S. The largest absolute Gasteiger partial charge is 0.437 e. The summed E-state index contributed by atoms with van der Waals surface area (Å²) in [6.07, 6.45) is 0.949. The molecule has 0 bridgehead atoms. The summed E-state index contributed by atoms with van der Waals surface area (Å²) in [4.78, 5) is 23.3. The molecule has 0 unspecified atom stereocenters. The zero-order valence-corrected chi connectivity index (χ0v) is 20.9. The number of rotatable bonds is 7. The summed E-state index contributed by atoms with van der Waals surface area (Å²) < 4.78 is 7.19. The summed E-state index contributed by atoms with van der Waals surface area (Å²) in [7, 11) is 0. The Morgan fingerprint density at radius 1 is 1.25 bits per heavy atom. The molecule has 1 saturated heterocycles. The van der Waals surface area contributed by atoms with Crippen molar-refractivity contribution < 1.29 is 9.53 Å². The number of carbonyl (C=O) groups excluding carboxylic acids is 1. The number of fused-ring (bicyclic) bond motifs is 1. The van der Waals surface area contributed by atoms with Gasteiger partial charge in [0.25, 0.3) is 0 Å². The van der Waals surface area contributed by atoms with E-state index >= 15 is 0 Å². The van der Waals surface area contributed by atoms with E-state index in [0.717, 1.165) is 53.0 Å². The number of nitrogens with zero attached hydrogens (tertiary/aromatic N) is 4. The van der Waals surface area contributed by atoms with Gasteiger partial charge in [0, 0.05) is 31.2 Å². The highest BCUT2D eigenvalue weighted by Gasteiger charge is 2.24. The molecule has 1 amide bonds. The van der Waals surface area contributed by atoms with E-state index in [2.05, 4.69) is 16.3 Å². The predicted molar refractivity (Wildman–Crippen MR) is 140 cm³/mol. The highest BCUT2D eigenvalue weighted by molar-refractivity contribution is 7.17. The average Bonchev–Trinajstić information content (AvgIpc) is 3.50. The molecule has 3 N–H and O–H groups in total. The van der Waals surface area contributed by atoms with E-state index in [4.69, 9.17) is 20.4 Å². The molecule has 0 saturated carbocycles. The van der Waals surface area contributed by atoms with Gasteiger partial charge in [-0.2, -0.15) is 10.2 Å². The lowest BCUT2D eigenvalue weighted by molar-refractivity contribution is 0.1000. The molecular weight excluding hydrogens is 472 g/mol. The molecule has 0 aliphatic carbocycles. The highest BCUT2D eigenvalue weighted by atomic mass is 32.1. The van der Waals surface area contributed by atoms with Gasteiger partial charge in [-0.1, -0.05) is 12.1 Å². The minimum Gasteiger partial charge on any atom is -0.437 e. The van der Waals surface area contributed by atoms with Crippen LogP contribution in [0.25, 0.3) is 10.2 Å². The van der Waals surface area contributed by atoms with Crippen LogP contribution in [0.4, 0.5) is 5.95 Å². The van der Waals surface area contributed by atoms with Crippen molar-refractivity contribution in [3.8, 4) is 17.7 Å². The Kier molecular flexibility index (Phi) is 6.55. The molecule has 3 heterocycles. The Morgan fingerprint density at radius 3 is 2.81 bits per heavy atom. The zero-order chi connectivity index (χ0) is 25.2. The zero-order valence-electron chi connectivity index (χ0n) is 20.1. The van der Waals surface area contributed by atoms with Crippen LogP contribution in [0.2, 0.25) is 0 Å². The number of nitriles is 1. The third-order valence-electron chi connectivity index (χ3n) is 6.28.